The highest BCUT2D eigenvalue weighted by Gasteiger charge is 2.43. The third-order valence-corrected chi connectivity index (χ3v) is 4.74. The lowest BCUT2D eigenvalue weighted by Crippen LogP contribution is -2.56. The van der Waals surface area contributed by atoms with E-state index in [2.05, 4.69) is 12.2 Å². The van der Waals surface area contributed by atoms with Crippen LogP contribution < -0.4 is 5.32 Å². The molecule has 110 valence electrons. The Kier molecular flexibility index (Phi) is 4.51. The molecule has 2 rings (SSSR count). The van der Waals surface area contributed by atoms with Gasteiger partial charge in [-0.3, -0.25) is 4.79 Å². The number of nitrogens with one attached hydrogen (secondary N) is 1. The third kappa shape index (κ3) is 3.11. The van der Waals surface area contributed by atoms with Gasteiger partial charge in [0.1, 0.15) is 0 Å². The van der Waals surface area contributed by atoms with Crippen molar-refractivity contribution in [3.05, 3.63) is 0 Å². The van der Waals surface area contributed by atoms with Gasteiger partial charge in [0.05, 0.1) is 11.1 Å². The van der Waals surface area contributed by atoms with Gasteiger partial charge in [-0.25, -0.2) is 0 Å². The zero-order valence-electron chi connectivity index (χ0n) is 12.4. The zero-order valence-corrected chi connectivity index (χ0v) is 12.4. The lowest BCUT2D eigenvalue weighted by Gasteiger charge is -2.36. The van der Waals surface area contributed by atoms with Crippen LogP contribution in [0.2, 0.25) is 0 Å². The fourth-order valence-corrected chi connectivity index (χ4v) is 3.81. The maximum absolute atomic E-state index is 12.7. The van der Waals surface area contributed by atoms with Gasteiger partial charge in [0.25, 0.3) is 0 Å². The van der Waals surface area contributed by atoms with E-state index in [9.17, 15) is 9.90 Å². The first-order chi connectivity index (χ1) is 9.01. The summed E-state index contributed by atoms with van der Waals surface area (Å²) in [4.78, 5) is 14.5. The zero-order chi connectivity index (χ0) is 13.9. The van der Waals surface area contributed by atoms with Gasteiger partial charge in [-0.15, -0.1) is 0 Å². The van der Waals surface area contributed by atoms with Crippen molar-refractivity contribution in [3.63, 3.8) is 0 Å². The quantitative estimate of drug-likeness (QED) is 0.797. The van der Waals surface area contributed by atoms with Gasteiger partial charge in [-0.2, -0.15) is 0 Å². The second-order valence-electron chi connectivity index (χ2n) is 6.46. The highest BCUT2D eigenvalue weighted by molar-refractivity contribution is 5.86. The lowest BCUT2D eigenvalue weighted by molar-refractivity contribution is -0.140. The molecular formula is C15H28N2O2. The number of hydrogen-bond donors (Lipinski definition) is 2. The molecule has 2 N–H and O–H groups in total. The van der Waals surface area contributed by atoms with Gasteiger partial charge in [0.2, 0.25) is 5.91 Å². The van der Waals surface area contributed by atoms with Crippen LogP contribution in [0, 0.1) is 0 Å². The Morgan fingerprint density at radius 3 is 2.47 bits per heavy atom. The molecule has 1 heterocycles. The number of carbonyl (C=O) groups excluding carboxylic acids is 1. The molecule has 1 aliphatic heterocycles. The van der Waals surface area contributed by atoms with Crippen LogP contribution >= 0.6 is 0 Å². The summed E-state index contributed by atoms with van der Waals surface area (Å²) in [5.41, 5.74) is -1.01. The summed E-state index contributed by atoms with van der Waals surface area (Å²) in [6.45, 7) is 3.54. The summed E-state index contributed by atoms with van der Waals surface area (Å²) in [6.07, 6.45) is 7.74. The molecule has 1 amide bonds. The van der Waals surface area contributed by atoms with E-state index in [0.717, 1.165) is 57.9 Å². The van der Waals surface area contributed by atoms with Crippen LogP contribution in [0.15, 0.2) is 0 Å². The third-order valence-electron chi connectivity index (χ3n) is 4.74. The van der Waals surface area contributed by atoms with Gasteiger partial charge < -0.3 is 15.3 Å². The minimum atomic E-state index is -0.642. The van der Waals surface area contributed by atoms with E-state index in [-0.39, 0.29) is 11.4 Å². The summed E-state index contributed by atoms with van der Waals surface area (Å²) >= 11 is 0. The van der Waals surface area contributed by atoms with E-state index >= 15 is 0 Å². The van der Waals surface area contributed by atoms with E-state index in [0.29, 0.717) is 6.54 Å². The SMILES string of the molecule is CCCC1(C(=O)N(C)CC2(O)CCCC2)CCCN1. The normalized spacial score (nSPS) is 29.6. The van der Waals surface area contributed by atoms with Gasteiger partial charge in [-0.1, -0.05) is 26.2 Å². The molecule has 4 nitrogen and oxygen atoms in total. The van der Waals surface area contributed by atoms with E-state index in [4.69, 9.17) is 0 Å². The molecule has 0 aromatic heterocycles. The minimum Gasteiger partial charge on any atom is -0.388 e. The second-order valence-corrected chi connectivity index (χ2v) is 6.46. The van der Waals surface area contributed by atoms with Crippen LogP contribution in [-0.4, -0.2) is 47.2 Å². The Morgan fingerprint density at radius 1 is 1.26 bits per heavy atom. The number of nitrogens with zero attached hydrogens (tertiary/aromatic N) is 1. The maximum atomic E-state index is 12.7. The molecule has 0 aromatic rings. The monoisotopic (exact) mass is 268 g/mol. The molecule has 0 spiro atoms. The van der Waals surface area contributed by atoms with Crippen LogP contribution in [0.25, 0.3) is 0 Å². The highest BCUT2D eigenvalue weighted by Crippen LogP contribution is 2.32. The number of hydrogen-bond acceptors (Lipinski definition) is 3. The molecule has 1 saturated heterocycles. The number of carbonyl (C=O) groups is 1. The summed E-state index contributed by atoms with van der Waals surface area (Å²) in [7, 11) is 1.84. The summed E-state index contributed by atoms with van der Waals surface area (Å²) < 4.78 is 0. The Balaban J connectivity index is 2.00. The second kappa shape index (κ2) is 5.80. The number of likely N-dealkylation sites (N-methyl/N-ethyl adjacent to an activating group) is 1. The first-order valence-electron chi connectivity index (χ1n) is 7.74. The molecule has 4 heteroatoms. The Labute approximate surface area is 116 Å². The number of rotatable bonds is 5. The minimum absolute atomic E-state index is 0.173. The molecular weight excluding hydrogens is 240 g/mol. The van der Waals surface area contributed by atoms with Gasteiger partial charge >= 0.3 is 0 Å². The summed E-state index contributed by atoms with van der Waals surface area (Å²) in [5.74, 6) is 0.173. The molecule has 1 aliphatic carbocycles. The summed E-state index contributed by atoms with van der Waals surface area (Å²) in [6, 6.07) is 0. The van der Waals surface area contributed by atoms with Crippen LogP contribution in [-0.2, 0) is 4.79 Å². The van der Waals surface area contributed by atoms with Crippen molar-refractivity contribution in [3.8, 4) is 0 Å². The van der Waals surface area contributed by atoms with E-state index in [1.807, 2.05) is 7.05 Å². The average Bonchev–Trinajstić information content (AvgIpc) is 2.99. The fourth-order valence-electron chi connectivity index (χ4n) is 3.81. The fraction of sp³-hybridized carbons (Fsp3) is 0.933. The standard InChI is InChI=1S/C15H28N2O2/c1-3-7-15(10-6-11-16-15)13(18)17(2)12-14(19)8-4-5-9-14/h16,19H,3-12H2,1-2H3. The van der Waals surface area contributed by atoms with Crippen molar-refractivity contribution in [2.75, 3.05) is 20.1 Å². The van der Waals surface area contributed by atoms with Gasteiger partial charge in [0.15, 0.2) is 0 Å². The topological polar surface area (TPSA) is 52.6 Å². The van der Waals surface area contributed by atoms with Crippen molar-refractivity contribution < 1.29 is 9.90 Å². The van der Waals surface area contributed by atoms with Crippen LogP contribution in [0.3, 0.4) is 0 Å². The summed E-state index contributed by atoms with van der Waals surface area (Å²) in [5, 5.41) is 13.9. The number of amides is 1. The molecule has 2 aliphatic rings. The maximum Gasteiger partial charge on any atom is 0.242 e. The molecule has 19 heavy (non-hydrogen) atoms. The van der Waals surface area contributed by atoms with Crippen molar-refractivity contribution >= 4 is 5.91 Å². The van der Waals surface area contributed by atoms with Gasteiger partial charge in [0, 0.05) is 13.6 Å². The Hall–Kier alpha value is -0.610. The smallest absolute Gasteiger partial charge is 0.242 e. The van der Waals surface area contributed by atoms with Crippen molar-refractivity contribution in [1.29, 1.82) is 0 Å². The van der Waals surface area contributed by atoms with Crippen LogP contribution in [0.5, 0.6) is 0 Å². The van der Waals surface area contributed by atoms with Crippen molar-refractivity contribution in [1.82, 2.24) is 10.2 Å². The van der Waals surface area contributed by atoms with E-state index in [1.54, 1.807) is 4.90 Å². The van der Waals surface area contributed by atoms with Gasteiger partial charge in [-0.05, 0) is 38.6 Å². The van der Waals surface area contributed by atoms with E-state index in [1.165, 1.54) is 0 Å². The largest absolute Gasteiger partial charge is 0.388 e. The van der Waals surface area contributed by atoms with Crippen LogP contribution in [0.4, 0.5) is 0 Å². The Bertz CT molecular complexity index is 318. The molecule has 0 radical (unpaired) electrons. The average molecular weight is 268 g/mol. The van der Waals surface area contributed by atoms with Crippen molar-refractivity contribution in [2.24, 2.45) is 0 Å². The molecule has 1 saturated carbocycles. The van der Waals surface area contributed by atoms with E-state index < -0.39 is 5.60 Å². The predicted octanol–water partition coefficient (Wildman–Crippen LogP) is 1.67. The van der Waals surface area contributed by atoms with Crippen molar-refractivity contribution in [2.45, 2.75) is 69.4 Å². The Morgan fingerprint density at radius 2 is 1.95 bits per heavy atom. The molecule has 0 bridgehead atoms. The predicted molar refractivity (Wildman–Crippen MR) is 75.9 cm³/mol. The highest BCUT2D eigenvalue weighted by atomic mass is 16.3. The molecule has 1 atom stereocenters. The number of aliphatic hydroxyl groups is 1. The molecule has 0 aromatic carbocycles. The van der Waals surface area contributed by atoms with Crippen LogP contribution in [0.1, 0.15) is 58.3 Å². The first kappa shape index (κ1) is 14.8. The first-order valence-corrected chi connectivity index (χ1v) is 7.74. The molecule has 2 fully saturated rings. The lowest BCUT2D eigenvalue weighted by atomic mass is 9.89. The molecule has 1 unspecified atom stereocenters.